The van der Waals surface area contributed by atoms with Crippen LogP contribution in [0.4, 0.5) is 0 Å². The van der Waals surface area contributed by atoms with Crippen LogP contribution in [-0.2, 0) is 6.42 Å². The first-order chi connectivity index (χ1) is 11.7. The van der Waals surface area contributed by atoms with Crippen LogP contribution >= 0.6 is 11.6 Å². The van der Waals surface area contributed by atoms with Gasteiger partial charge in [0.05, 0.1) is 5.02 Å². The molecule has 1 saturated heterocycles. The van der Waals surface area contributed by atoms with Gasteiger partial charge in [0.25, 0.3) is 5.91 Å². The van der Waals surface area contributed by atoms with Crippen molar-refractivity contribution in [3.63, 3.8) is 0 Å². The van der Waals surface area contributed by atoms with Gasteiger partial charge < -0.3 is 19.8 Å². The van der Waals surface area contributed by atoms with Crippen LogP contribution < -0.4 is 10.5 Å². The van der Waals surface area contributed by atoms with E-state index in [0.717, 1.165) is 43.5 Å². The Kier molecular flexibility index (Phi) is 3.98. The minimum absolute atomic E-state index is 0.0309. The summed E-state index contributed by atoms with van der Waals surface area (Å²) in [6, 6.07) is 7.36. The molecule has 1 aromatic carbocycles. The van der Waals surface area contributed by atoms with E-state index in [0.29, 0.717) is 28.8 Å². The molecule has 2 N–H and O–H groups in total. The van der Waals surface area contributed by atoms with Crippen LogP contribution in [-0.4, -0.2) is 36.5 Å². The zero-order chi connectivity index (χ0) is 16.7. The van der Waals surface area contributed by atoms with Gasteiger partial charge in [-0.3, -0.25) is 4.79 Å². The third kappa shape index (κ3) is 2.68. The molecule has 0 aliphatic carbocycles. The number of ether oxygens (including phenoxy) is 1. The first-order valence-electron chi connectivity index (χ1n) is 8.24. The molecular formula is C18H19ClN2O3. The lowest BCUT2D eigenvalue weighted by Crippen LogP contribution is -2.27. The van der Waals surface area contributed by atoms with Gasteiger partial charge in [-0.25, -0.2) is 0 Å². The third-order valence-electron chi connectivity index (χ3n) is 4.61. The molecule has 3 heterocycles. The molecule has 0 saturated carbocycles. The van der Waals surface area contributed by atoms with Crippen LogP contribution in [0.15, 0.2) is 28.7 Å². The largest absolute Gasteiger partial charge is 0.487 e. The first kappa shape index (κ1) is 15.5. The second-order valence-electron chi connectivity index (χ2n) is 6.29. The molecule has 1 atom stereocenters. The van der Waals surface area contributed by atoms with Crippen molar-refractivity contribution in [1.29, 1.82) is 0 Å². The minimum Gasteiger partial charge on any atom is -0.487 e. The van der Waals surface area contributed by atoms with Crippen LogP contribution in [0.1, 0.15) is 29.0 Å². The summed E-state index contributed by atoms with van der Waals surface area (Å²) in [5, 5.41) is 0.544. The van der Waals surface area contributed by atoms with Crippen molar-refractivity contribution in [1.82, 2.24) is 4.90 Å². The van der Waals surface area contributed by atoms with E-state index >= 15 is 0 Å². The number of fused-ring (bicyclic) bond motifs is 1. The standard InChI is InChI=1S/C18H19ClN2O3/c19-14-9-11(7-12-8-13(10-20)23-17(12)14)15-3-4-16(24-15)18(22)21-5-1-2-6-21/h3-4,7,9,13H,1-2,5-6,8,10,20H2. The quantitative estimate of drug-likeness (QED) is 0.927. The zero-order valence-corrected chi connectivity index (χ0v) is 14.0. The van der Waals surface area contributed by atoms with Crippen molar-refractivity contribution < 1.29 is 13.9 Å². The summed E-state index contributed by atoms with van der Waals surface area (Å²) in [6.45, 7) is 2.06. The predicted molar refractivity (Wildman–Crippen MR) is 91.5 cm³/mol. The summed E-state index contributed by atoms with van der Waals surface area (Å²) in [5.74, 6) is 1.67. The molecule has 1 fully saturated rings. The summed E-state index contributed by atoms with van der Waals surface area (Å²) in [5.41, 5.74) is 7.55. The van der Waals surface area contributed by atoms with Gasteiger partial charge in [0.15, 0.2) is 5.76 Å². The summed E-state index contributed by atoms with van der Waals surface area (Å²) in [6.07, 6.45) is 2.82. The van der Waals surface area contributed by atoms with Crippen LogP contribution in [0.25, 0.3) is 11.3 Å². The Balaban J connectivity index is 1.61. The highest BCUT2D eigenvalue weighted by Crippen LogP contribution is 2.39. The van der Waals surface area contributed by atoms with E-state index < -0.39 is 0 Å². The number of carbonyl (C=O) groups excluding carboxylic acids is 1. The van der Waals surface area contributed by atoms with Crippen molar-refractivity contribution in [2.45, 2.75) is 25.4 Å². The Bertz CT molecular complexity index is 781. The van der Waals surface area contributed by atoms with E-state index in [2.05, 4.69) is 0 Å². The molecule has 0 radical (unpaired) electrons. The van der Waals surface area contributed by atoms with Gasteiger partial charge in [-0.15, -0.1) is 0 Å². The highest BCUT2D eigenvalue weighted by Gasteiger charge is 2.26. The molecule has 5 nitrogen and oxygen atoms in total. The Morgan fingerprint density at radius 3 is 2.83 bits per heavy atom. The highest BCUT2D eigenvalue weighted by atomic mass is 35.5. The number of carbonyl (C=O) groups is 1. The van der Waals surface area contributed by atoms with Gasteiger partial charge >= 0.3 is 0 Å². The second-order valence-corrected chi connectivity index (χ2v) is 6.70. The fourth-order valence-electron chi connectivity index (χ4n) is 3.35. The Labute approximate surface area is 145 Å². The van der Waals surface area contributed by atoms with Crippen LogP contribution in [0, 0.1) is 0 Å². The van der Waals surface area contributed by atoms with Crippen molar-refractivity contribution in [3.8, 4) is 17.1 Å². The van der Waals surface area contributed by atoms with E-state index in [4.69, 9.17) is 26.5 Å². The summed E-state index contributed by atoms with van der Waals surface area (Å²) < 4.78 is 11.5. The normalized spacial score (nSPS) is 19.4. The van der Waals surface area contributed by atoms with Crippen molar-refractivity contribution in [3.05, 3.63) is 40.6 Å². The topological polar surface area (TPSA) is 68.7 Å². The molecule has 2 aromatic rings. The molecule has 1 unspecified atom stereocenters. The average Bonchev–Trinajstić information content (AvgIpc) is 3.32. The second kappa shape index (κ2) is 6.15. The summed E-state index contributed by atoms with van der Waals surface area (Å²) in [7, 11) is 0. The van der Waals surface area contributed by atoms with Gasteiger partial charge in [-0.2, -0.15) is 0 Å². The number of hydrogen-bond acceptors (Lipinski definition) is 4. The van der Waals surface area contributed by atoms with E-state index in [1.165, 1.54) is 0 Å². The molecular weight excluding hydrogens is 328 g/mol. The lowest BCUT2D eigenvalue weighted by molar-refractivity contribution is 0.0762. The van der Waals surface area contributed by atoms with Gasteiger partial charge in [0.1, 0.15) is 17.6 Å². The van der Waals surface area contributed by atoms with E-state index in [-0.39, 0.29) is 12.0 Å². The molecule has 1 amide bonds. The number of benzene rings is 1. The molecule has 6 heteroatoms. The van der Waals surface area contributed by atoms with Crippen molar-refractivity contribution in [2.75, 3.05) is 19.6 Å². The molecule has 126 valence electrons. The monoisotopic (exact) mass is 346 g/mol. The minimum atomic E-state index is -0.0439. The lowest BCUT2D eigenvalue weighted by Gasteiger charge is -2.12. The number of rotatable bonds is 3. The van der Waals surface area contributed by atoms with Gasteiger partial charge in [-0.05, 0) is 37.1 Å². The number of hydrogen-bond donors (Lipinski definition) is 1. The molecule has 2 aliphatic heterocycles. The predicted octanol–water partition coefficient (Wildman–Crippen LogP) is 3.10. The Morgan fingerprint density at radius 2 is 2.08 bits per heavy atom. The number of nitrogens with zero attached hydrogens (tertiary/aromatic N) is 1. The van der Waals surface area contributed by atoms with Crippen molar-refractivity contribution >= 4 is 17.5 Å². The number of amides is 1. The van der Waals surface area contributed by atoms with E-state index in [1.54, 1.807) is 6.07 Å². The van der Waals surface area contributed by atoms with Gasteiger partial charge in [0.2, 0.25) is 0 Å². The summed E-state index contributed by atoms with van der Waals surface area (Å²) >= 11 is 6.34. The molecule has 0 spiro atoms. The van der Waals surface area contributed by atoms with Crippen LogP contribution in [0.3, 0.4) is 0 Å². The van der Waals surface area contributed by atoms with Crippen LogP contribution in [0.5, 0.6) is 5.75 Å². The lowest BCUT2D eigenvalue weighted by atomic mass is 10.1. The average molecular weight is 347 g/mol. The first-order valence-corrected chi connectivity index (χ1v) is 8.62. The third-order valence-corrected chi connectivity index (χ3v) is 4.89. The number of halogens is 1. The maximum Gasteiger partial charge on any atom is 0.289 e. The molecule has 0 bridgehead atoms. The van der Waals surface area contributed by atoms with E-state index in [1.807, 2.05) is 23.1 Å². The Hall–Kier alpha value is -1.98. The molecule has 1 aromatic heterocycles. The number of nitrogens with two attached hydrogens (primary N) is 1. The van der Waals surface area contributed by atoms with Gasteiger partial charge in [-0.1, -0.05) is 11.6 Å². The van der Waals surface area contributed by atoms with Crippen LogP contribution in [0.2, 0.25) is 5.02 Å². The Morgan fingerprint density at radius 1 is 1.29 bits per heavy atom. The number of furan rings is 1. The van der Waals surface area contributed by atoms with Crippen molar-refractivity contribution in [2.24, 2.45) is 5.73 Å². The molecule has 24 heavy (non-hydrogen) atoms. The molecule has 4 rings (SSSR count). The SMILES string of the molecule is NCC1Cc2cc(-c3ccc(C(=O)N4CCCC4)o3)cc(Cl)c2O1. The number of likely N-dealkylation sites (tertiary alicyclic amines) is 1. The maximum absolute atomic E-state index is 12.4. The fourth-order valence-corrected chi connectivity index (χ4v) is 3.63. The van der Waals surface area contributed by atoms with Gasteiger partial charge in [0, 0.05) is 37.2 Å². The molecule has 2 aliphatic rings. The maximum atomic E-state index is 12.4. The fraction of sp³-hybridized carbons (Fsp3) is 0.389. The smallest absolute Gasteiger partial charge is 0.289 e. The highest BCUT2D eigenvalue weighted by molar-refractivity contribution is 6.32. The van der Waals surface area contributed by atoms with E-state index in [9.17, 15) is 4.79 Å². The zero-order valence-electron chi connectivity index (χ0n) is 13.3. The summed E-state index contributed by atoms with van der Waals surface area (Å²) in [4.78, 5) is 14.2.